The fraction of sp³-hybridized carbons (Fsp3) is 0.524. The second-order valence-corrected chi connectivity index (χ2v) is 7.86. The van der Waals surface area contributed by atoms with Crippen LogP contribution < -0.4 is 0 Å². The standard InChI is InChI=1S/C21H26N4O/c1-2-4-19-18(3-1)23-20(24-19)16-7-5-15(6-8-16)13-25-11-10-22-21(25)17-9-12-26-14-17/h1-4,10-11,15-17H,5-9,12-14H2,(H,23,24). The number of nitrogens with one attached hydrogen (secondary N) is 1. The lowest BCUT2D eigenvalue weighted by molar-refractivity contribution is 0.192. The maximum Gasteiger partial charge on any atom is 0.114 e. The van der Waals surface area contributed by atoms with E-state index in [4.69, 9.17) is 9.72 Å². The molecule has 1 aromatic carbocycles. The number of imidazole rings is 2. The Balaban J connectivity index is 1.23. The molecule has 5 nitrogen and oxygen atoms in total. The molecule has 0 spiro atoms. The van der Waals surface area contributed by atoms with Crippen LogP contribution in [0.15, 0.2) is 36.7 Å². The topological polar surface area (TPSA) is 55.7 Å². The van der Waals surface area contributed by atoms with Crippen LogP contribution in [0.5, 0.6) is 0 Å². The predicted octanol–water partition coefficient (Wildman–Crippen LogP) is 4.24. The lowest BCUT2D eigenvalue weighted by Crippen LogP contribution is -2.20. The molecule has 5 rings (SSSR count). The Morgan fingerprint density at radius 3 is 2.77 bits per heavy atom. The van der Waals surface area contributed by atoms with Crippen LogP contribution in [0.25, 0.3) is 11.0 Å². The summed E-state index contributed by atoms with van der Waals surface area (Å²) in [5, 5.41) is 0. The number of nitrogens with zero attached hydrogens (tertiary/aromatic N) is 3. The molecule has 1 aliphatic heterocycles. The fourth-order valence-electron chi connectivity index (χ4n) is 4.64. The van der Waals surface area contributed by atoms with Crippen molar-refractivity contribution in [1.29, 1.82) is 0 Å². The normalized spacial score (nSPS) is 26.5. The first kappa shape index (κ1) is 16.1. The van der Waals surface area contributed by atoms with Crippen molar-refractivity contribution >= 4 is 11.0 Å². The van der Waals surface area contributed by atoms with Gasteiger partial charge in [-0.15, -0.1) is 0 Å². The number of aromatic nitrogens is 4. The van der Waals surface area contributed by atoms with E-state index < -0.39 is 0 Å². The van der Waals surface area contributed by atoms with Crippen LogP contribution in [0, 0.1) is 5.92 Å². The minimum atomic E-state index is 0.483. The van der Waals surface area contributed by atoms with Crippen LogP contribution in [0.1, 0.15) is 55.6 Å². The zero-order chi connectivity index (χ0) is 17.3. The monoisotopic (exact) mass is 350 g/mol. The number of rotatable bonds is 4. The van der Waals surface area contributed by atoms with Gasteiger partial charge < -0.3 is 14.3 Å². The third-order valence-corrected chi connectivity index (χ3v) is 6.14. The Labute approximate surface area is 153 Å². The number of hydrogen-bond donors (Lipinski definition) is 1. The summed E-state index contributed by atoms with van der Waals surface area (Å²) in [6.07, 6.45) is 10.2. The molecule has 0 radical (unpaired) electrons. The molecule has 26 heavy (non-hydrogen) atoms. The number of ether oxygens (including phenoxy) is 1. The van der Waals surface area contributed by atoms with Crippen molar-refractivity contribution in [3.05, 3.63) is 48.3 Å². The summed E-state index contributed by atoms with van der Waals surface area (Å²) >= 11 is 0. The lowest BCUT2D eigenvalue weighted by Gasteiger charge is -2.28. The minimum absolute atomic E-state index is 0.483. The van der Waals surface area contributed by atoms with E-state index in [9.17, 15) is 0 Å². The first-order chi connectivity index (χ1) is 12.9. The Morgan fingerprint density at radius 2 is 1.96 bits per heavy atom. The van der Waals surface area contributed by atoms with Crippen LogP contribution in [0.4, 0.5) is 0 Å². The van der Waals surface area contributed by atoms with Gasteiger partial charge in [0.05, 0.1) is 17.6 Å². The Bertz CT molecular complexity index is 836. The maximum absolute atomic E-state index is 5.55. The summed E-state index contributed by atoms with van der Waals surface area (Å²) in [7, 11) is 0. The summed E-state index contributed by atoms with van der Waals surface area (Å²) in [6.45, 7) is 2.80. The number of benzene rings is 1. The van der Waals surface area contributed by atoms with Crippen LogP contribution in [-0.2, 0) is 11.3 Å². The van der Waals surface area contributed by atoms with Gasteiger partial charge in [-0.1, -0.05) is 12.1 Å². The molecule has 1 aliphatic carbocycles. The Hall–Kier alpha value is -2.14. The van der Waals surface area contributed by atoms with Crippen LogP contribution in [-0.4, -0.2) is 32.7 Å². The van der Waals surface area contributed by atoms with Gasteiger partial charge in [0.25, 0.3) is 0 Å². The number of H-pyrrole nitrogens is 1. The van der Waals surface area contributed by atoms with Gasteiger partial charge >= 0.3 is 0 Å². The molecule has 0 amide bonds. The maximum atomic E-state index is 5.55. The number of fused-ring (bicyclic) bond motifs is 1. The van der Waals surface area contributed by atoms with E-state index in [1.165, 1.54) is 37.3 Å². The Morgan fingerprint density at radius 1 is 1.08 bits per heavy atom. The highest BCUT2D eigenvalue weighted by molar-refractivity contribution is 5.74. The van der Waals surface area contributed by atoms with E-state index in [0.29, 0.717) is 11.8 Å². The summed E-state index contributed by atoms with van der Waals surface area (Å²) in [5.74, 6) is 4.20. The first-order valence-corrected chi connectivity index (χ1v) is 9.90. The van der Waals surface area contributed by atoms with Crippen molar-refractivity contribution in [3.8, 4) is 0 Å². The number of hydrogen-bond acceptors (Lipinski definition) is 3. The summed E-state index contributed by atoms with van der Waals surface area (Å²) in [4.78, 5) is 13.0. The molecule has 3 heterocycles. The summed E-state index contributed by atoms with van der Waals surface area (Å²) in [6, 6.07) is 8.33. The predicted molar refractivity (Wildman–Crippen MR) is 101 cm³/mol. The van der Waals surface area contributed by atoms with E-state index in [2.05, 4.69) is 45.0 Å². The lowest BCUT2D eigenvalue weighted by atomic mass is 9.81. The van der Waals surface area contributed by atoms with Gasteiger partial charge in [0.15, 0.2) is 0 Å². The SMILES string of the molecule is c1ccc2[nH]c(C3CCC(Cn4ccnc4C4CCOC4)CC3)nc2c1. The Kier molecular flexibility index (Phi) is 4.25. The van der Waals surface area contributed by atoms with Gasteiger partial charge in [0.1, 0.15) is 11.6 Å². The minimum Gasteiger partial charge on any atom is -0.381 e. The molecule has 1 saturated heterocycles. The highest BCUT2D eigenvalue weighted by Crippen LogP contribution is 2.36. The number of para-hydroxylation sites is 2. The highest BCUT2D eigenvalue weighted by Gasteiger charge is 2.27. The van der Waals surface area contributed by atoms with E-state index in [1.807, 2.05) is 6.20 Å². The van der Waals surface area contributed by atoms with Gasteiger partial charge in [0.2, 0.25) is 0 Å². The van der Waals surface area contributed by atoms with Gasteiger partial charge in [0, 0.05) is 37.4 Å². The van der Waals surface area contributed by atoms with Gasteiger partial charge in [-0.25, -0.2) is 9.97 Å². The van der Waals surface area contributed by atoms with Crippen LogP contribution >= 0.6 is 0 Å². The molecule has 2 aliphatic rings. The van der Waals surface area contributed by atoms with Crippen molar-refractivity contribution < 1.29 is 4.74 Å². The smallest absolute Gasteiger partial charge is 0.114 e. The largest absolute Gasteiger partial charge is 0.381 e. The van der Waals surface area contributed by atoms with Crippen molar-refractivity contribution in [2.45, 2.75) is 50.5 Å². The quantitative estimate of drug-likeness (QED) is 0.766. The first-order valence-electron chi connectivity index (χ1n) is 9.90. The van der Waals surface area contributed by atoms with Gasteiger partial charge in [-0.3, -0.25) is 0 Å². The third-order valence-electron chi connectivity index (χ3n) is 6.14. The van der Waals surface area contributed by atoms with Crippen LogP contribution in [0.3, 0.4) is 0 Å². The molecule has 1 saturated carbocycles. The molecule has 136 valence electrons. The van der Waals surface area contributed by atoms with E-state index in [0.717, 1.165) is 43.1 Å². The van der Waals surface area contributed by atoms with Crippen molar-refractivity contribution in [2.24, 2.45) is 5.92 Å². The van der Waals surface area contributed by atoms with Crippen molar-refractivity contribution in [1.82, 2.24) is 19.5 Å². The van der Waals surface area contributed by atoms with Gasteiger partial charge in [-0.05, 0) is 50.2 Å². The second kappa shape index (κ2) is 6.88. The molecule has 1 N–H and O–H groups in total. The molecule has 5 heteroatoms. The van der Waals surface area contributed by atoms with E-state index >= 15 is 0 Å². The van der Waals surface area contributed by atoms with E-state index in [-0.39, 0.29) is 0 Å². The zero-order valence-corrected chi connectivity index (χ0v) is 15.1. The second-order valence-electron chi connectivity index (χ2n) is 7.86. The van der Waals surface area contributed by atoms with E-state index in [1.54, 1.807) is 0 Å². The molecule has 2 fully saturated rings. The fourth-order valence-corrected chi connectivity index (χ4v) is 4.64. The number of aromatic amines is 1. The molecular weight excluding hydrogens is 324 g/mol. The summed E-state index contributed by atoms with van der Waals surface area (Å²) < 4.78 is 7.93. The van der Waals surface area contributed by atoms with Gasteiger partial charge in [-0.2, -0.15) is 0 Å². The molecule has 1 atom stereocenters. The van der Waals surface area contributed by atoms with Crippen molar-refractivity contribution in [3.63, 3.8) is 0 Å². The molecule has 0 bridgehead atoms. The molecule has 3 aromatic rings. The van der Waals surface area contributed by atoms with Crippen molar-refractivity contribution in [2.75, 3.05) is 13.2 Å². The third kappa shape index (κ3) is 3.05. The molecule has 2 aromatic heterocycles. The molecular formula is C21H26N4O. The zero-order valence-electron chi connectivity index (χ0n) is 15.1. The molecule has 1 unspecified atom stereocenters. The highest BCUT2D eigenvalue weighted by atomic mass is 16.5. The average Bonchev–Trinajstić information content (AvgIpc) is 3.42. The van der Waals surface area contributed by atoms with Crippen LogP contribution in [0.2, 0.25) is 0 Å². The average molecular weight is 350 g/mol. The summed E-state index contributed by atoms with van der Waals surface area (Å²) in [5.41, 5.74) is 2.25.